The van der Waals surface area contributed by atoms with Crippen molar-refractivity contribution in [2.45, 2.75) is 73.5 Å². The van der Waals surface area contributed by atoms with Crippen molar-refractivity contribution in [1.29, 1.82) is 0 Å². The number of nitrogens with two attached hydrogens (primary N) is 2. The number of ether oxygens (including phenoxy) is 4. The Balaban J connectivity index is 0.969. The maximum Gasteiger partial charge on any atom is 0.488 e. The van der Waals surface area contributed by atoms with Crippen LogP contribution in [0.1, 0.15) is 25.1 Å². The fourth-order valence-electron chi connectivity index (χ4n) is 8.71. The highest BCUT2D eigenvalue weighted by atomic mass is 32.7. The number of aromatic amines is 2. The average Bonchev–Trinajstić information content (AvgIpc) is 4.13. The van der Waals surface area contributed by atoms with Crippen LogP contribution in [0.3, 0.4) is 0 Å². The van der Waals surface area contributed by atoms with E-state index >= 15 is 0 Å². The van der Waals surface area contributed by atoms with Crippen molar-refractivity contribution in [1.82, 2.24) is 48.5 Å². The van der Waals surface area contributed by atoms with E-state index in [1.807, 2.05) is 4.98 Å². The van der Waals surface area contributed by atoms with Gasteiger partial charge in [0.05, 0.1) is 32.7 Å². The summed E-state index contributed by atoms with van der Waals surface area (Å²) in [6.07, 6.45) is -12.2. The number of aliphatic hydroxyl groups is 3. The van der Waals surface area contributed by atoms with Crippen molar-refractivity contribution >= 4 is 81.4 Å². The molecule has 8 heterocycles. The number of H-pyrrole nitrogens is 2. The number of carbonyl (C=O) groups is 1. The highest BCUT2D eigenvalue weighted by Gasteiger charge is 2.58. The number of imidazole rings is 2. The summed E-state index contributed by atoms with van der Waals surface area (Å²) in [5.74, 6) is -2.68. The highest BCUT2D eigenvalue weighted by Crippen LogP contribution is 2.72. The molecule has 1 amide bonds. The van der Waals surface area contributed by atoms with Crippen molar-refractivity contribution in [3.8, 4) is 0 Å². The Labute approximate surface area is 428 Å². The number of methoxy groups -OCH3 is 1. The number of fused-ring (bicyclic) bond motifs is 2. The van der Waals surface area contributed by atoms with E-state index in [1.54, 1.807) is 0 Å². The second kappa shape index (κ2) is 21.9. The Morgan fingerprint density at radius 2 is 1.58 bits per heavy atom. The van der Waals surface area contributed by atoms with E-state index in [1.165, 1.54) is 46.1 Å². The average molecular weight is 1180 g/mol. The summed E-state index contributed by atoms with van der Waals surface area (Å²) in [6, 6.07) is 0.927. The minimum atomic E-state index is -6.14. The van der Waals surface area contributed by atoms with Gasteiger partial charge in [-0.2, -0.15) is 8.62 Å². The summed E-state index contributed by atoms with van der Waals surface area (Å²) in [7, 11) is -12.0. The fourth-order valence-corrected chi connectivity index (χ4v) is 16.5. The molecule has 41 heteroatoms. The van der Waals surface area contributed by atoms with Crippen molar-refractivity contribution in [3.05, 3.63) is 62.4 Å². The summed E-state index contributed by atoms with van der Waals surface area (Å²) in [5, 5.41) is 33.0. The lowest BCUT2D eigenvalue weighted by atomic mass is 9.94. The number of carbonyl (C=O) groups excluding carboxylic acids is 1. The summed E-state index contributed by atoms with van der Waals surface area (Å²) in [6.45, 7) is -7.75. The summed E-state index contributed by atoms with van der Waals surface area (Å²) in [5.41, 5.74) is 7.27. The molecule has 418 valence electrons. The molecule has 4 unspecified atom stereocenters. The molecule has 3 aliphatic rings. The number of hydrogen-bond acceptors (Lipinski definition) is 26. The third-order valence-electron chi connectivity index (χ3n) is 12.2. The number of aromatic nitrogens is 10. The summed E-state index contributed by atoms with van der Waals surface area (Å²) < 4.78 is 101. The van der Waals surface area contributed by atoms with E-state index in [9.17, 15) is 72.3 Å². The van der Waals surface area contributed by atoms with Crippen LogP contribution in [0.5, 0.6) is 0 Å². The third kappa shape index (κ3) is 11.8. The Morgan fingerprint density at radius 3 is 2.26 bits per heavy atom. The number of nitrogens with one attached hydrogen (secondary N) is 2. The molecule has 0 radical (unpaired) electrons. The summed E-state index contributed by atoms with van der Waals surface area (Å²) >= 11 is -0.0640. The van der Waals surface area contributed by atoms with Gasteiger partial charge in [0.2, 0.25) is 17.7 Å². The van der Waals surface area contributed by atoms with Gasteiger partial charge in [0.15, 0.2) is 30.2 Å². The maximum atomic E-state index is 14.3. The number of aryl methyl sites for hydroxylation is 1. The first-order valence-corrected chi connectivity index (χ1v) is 29.7. The molecule has 13 N–H and O–H groups in total. The number of nitrogen functional groups attached to an aromatic ring is 2. The van der Waals surface area contributed by atoms with Crippen LogP contribution in [-0.2, 0) is 66.7 Å². The van der Waals surface area contributed by atoms with Crippen LogP contribution in [0.15, 0.2) is 45.6 Å². The molecule has 8 rings (SSSR count). The number of phosphoric acid groups is 2. The topological polar surface area (TPSA) is 509 Å². The van der Waals surface area contributed by atoms with Gasteiger partial charge in [0.1, 0.15) is 54.1 Å². The van der Waals surface area contributed by atoms with Crippen molar-refractivity contribution in [3.63, 3.8) is 0 Å². The Bertz CT molecular complexity index is 3400. The van der Waals surface area contributed by atoms with Gasteiger partial charge < -0.3 is 74.7 Å². The molecule has 76 heavy (non-hydrogen) atoms. The maximum absolute atomic E-state index is 14.3. The van der Waals surface area contributed by atoms with Crippen LogP contribution in [0.2, 0.25) is 0 Å². The molecule has 0 saturated carbocycles. The van der Waals surface area contributed by atoms with Gasteiger partial charge in [0.25, 0.3) is 17.1 Å². The lowest BCUT2D eigenvalue weighted by Gasteiger charge is -2.28. The second-order valence-electron chi connectivity index (χ2n) is 17.4. The zero-order valence-electron chi connectivity index (χ0n) is 39.7. The van der Waals surface area contributed by atoms with Gasteiger partial charge in [-0.25, -0.2) is 38.0 Å². The molecule has 16 atom stereocenters. The molecular weight excluding hydrogens is 1130 g/mol. The van der Waals surface area contributed by atoms with Gasteiger partial charge in [-0.15, -0.1) is 0 Å². The zero-order chi connectivity index (χ0) is 55.6. The molecule has 5 aromatic heterocycles. The first-order valence-electron chi connectivity index (χ1n) is 21.9. The molecule has 0 spiro atoms. The van der Waals surface area contributed by atoms with Crippen LogP contribution in [0, 0.1) is 5.92 Å². The van der Waals surface area contributed by atoms with Crippen LogP contribution < -0.4 is 32.8 Å². The Kier molecular flexibility index (Phi) is 16.5. The van der Waals surface area contributed by atoms with Gasteiger partial charge >= 0.3 is 41.4 Å². The lowest BCUT2D eigenvalue weighted by Crippen LogP contribution is -2.45. The second-order valence-corrected chi connectivity index (χ2v) is 26.5. The number of amides is 1. The van der Waals surface area contributed by atoms with E-state index in [-0.39, 0.29) is 45.5 Å². The number of aliphatic hydroxyl groups excluding tert-OH is 3. The van der Waals surface area contributed by atoms with Crippen LogP contribution >= 0.6 is 41.4 Å². The van der Waals surface area contributed by atoms with Crippen LogP contribution in [0.25, 0.3) is 22.3 Å². The fraction of sp³-hybridized carbons (Fsp3) is 0.571. The molecule has 3 aliphatic heterocycles. The smallest absolute Gasteiger partial charge is 0.387 e. The number of phosphoric ester groups is 1. The monoisotopic (exact) mass is 1180 g/mol. The quantitative estimate of drug-likeness (QED) is 0.0268. The van der Waals surface area contributed by atoms with Gasteiger partial charge in [-0.05, 0) is 11.4 Å². The largest absolute Gasteiger partial charge is 0.488 e. The number of hydrogen-bond donors (Lipinski definition) is 11. The predicted octanol–water partition coefficient (Wildman–Crippen LogP) is -3.36. The lowest BCUT2D eigenvalue weighted by molar-refractivity contribution is -0.745. The Hall–Kier alpha value is -4.68. The first-order chi connectivity index (χ1) is 35.5. The van der Waals surface area contributed by atoms with Gasteiger partial charge in [0, 0.05) is 51.6 Å². The minimum Gasteiger partial charge on any atom is -0.387 e. The molecule has 0 aliphatic carbocycles. The molecule has 3 fully saturated rings. The molecule has 0 aromatic carbocycles. The van der Waals surface area contributed by atoms with E-state index in [2.05, 4.69) is 33.5 Å². The predicted molar refractivity (Wildman–Crippen MR) is 254 cm³/mol. The van der Waals surface area contributed by atoms with Crippen molar-refractivity contribution in [2.75, 3.05) is 51.6 Å². The normalized spacial score (nSPS) is 30.0. The van der Waals surface area contributed by atoms with E-state index < -0.39 is 151 Å². The molecule has 36 nitrogen and oxygen atoms in total. The van der Waals surface area contributed by atoms with Gasteiger partial charge in [-0.1, -0.05) is 4.98 Å². The van der Waals surface area contributed by atoms with E-state index in [0.717, 1.165) is 36.6 Å². The highest BCUT2D eigenvalue weighted by molar-refractivity contribution is 8.55. The third-order valence-corrected chi connectivity index (χ3v) is 20.7. The number of rotatable bonds is 20. The van der Waals surface area contributed by atoms with E-state index in [4.69, 9.17) is 39.5 Å². The van der Waals surface area contributed by atoms with Crippen molar-refractivity contribution < 1.29 is 99.1 Å². The number of anilines is 2. The minimum absolute atomic E-state index is 0.00752. The standard InChI is InChI=1S/C35H49N13O23P4S/c1-44(2)19(50)7-14-17(69-31(22(14)51)48-13-45(3)21-29(48)42-34(37)43-30(21)54)10-76-75(62,63)71-74(60,61)70-73(58,59)66-9-16-26(25(64-4)33(68-16)47-12-40-20-27(36)38-11-39-28(20)47)72(56,57)65-8-15-23(52)24(53)32(67-15)46-6-5-18(49)41-35(46)55/h5-6,11-17,22-26,31-33,51-53H,7-10H2,1-4H3,(H9-,36,37,38,39,41,42,43,49,54,55,56,57,58,59,60,61,62,63)/p+1/t14-,15-,16-,17-,22-,23-,24-,25-,26-,31-,32-,33-/m1/s1. The Morgan fingerprint density at radius 1 is 0.882 bits per heavy atom. The first kappa shape index (κ1) is 57.5. The zero-order valence-corrected chi connectivity index (χ0v) is 44.1. The van der Waals surface area contributed by atoms with Crippen LogP contribution in [-0.4, -0.2) is 178 Å². The molecule has 5 aromatic rings. The molecule has 3 saturated heterocycles. The SMILES string of the molecule is CO[C@@H]1[C@H](P(=O)(O)OC[C@H]2O[C@@H](n3ccc(=O)[nH]c3=O)[C@H](O)[C@@H]2O)[C@@H](COP(=O)(O)OP(=O)(O)OP(=O)(O)SC[C@H]2O[C@@H]([n+]3cn(C)c4c(=O)[nH]c(N)nc43)[C@H](O)[C@@H]2CC(=O)N(C)C)O[C@H]1n1cnc2c(N)ncnc21. The molecule has 0 bridgehead atoms. The van der Waals surface area contributed by atoms with Crippen molar-refractivity contribution in [2.24, 2.45) is 13.0 Å². The van der Waals surface area contributed by atoms with E-state index in [0.29, 0.717) is 0 Å². The van der Waals surface area contributed by atoms with Crippen LogP contribution in [0.4, 0.5) is 11.8 Å². The summed E-state index contributed by atoms with van der Waals surface area (Å²) in [4.78, 5) is 115. The van der Waals surface area contributed by atoms with Gasteiger partial charge in [-0.3, -0.25) is 47.1 Å². The number of nitrogens with zero attached hydrogens (tertiary/aromatic N) is 9. The molecular formula is C35H50N13O23P4S+.